The van der Waals surface area contributed by atoms with Gasteiger partial charge in [0, 0.05) is 40.0 Å². The zero-order chi connectivity index (χ0) is 22.8. The number of fused-ring (bicyclic) bond motifs is 1. The van der Waals surface area contributed by atoms with Crippen LogP contribution in [-0.4, -0.2) is 29.2 Å². The van der Waals surface area contributed by atoms with Crippen molar-refractivity contribution < 1.29 is 9.59 Å². The molecule has 0 atom stereocenters. The topological polar surface area (TPSA) is 74.3 Å². The van der Waals surface area contributed by atoms with Crippen LogP contribution in [0, 0.1) is 20.8 Å². The van der Waals surface area contributed by atoms with E-state index in [1.54, 1.807) is 59.1 Å². The van der Waals surface area contributed by atoms with E-state index in [4.69, 9.17) is 11.6 Å². The van der Waals surface area contributed by atoms with Crippen molar-refractivity contribution in [2.45, 2.75) is 25.8 Å². The summed E-state index contributed by atoms with van der Waals surface area (Å²) in [5.41, 5.74) is 5.53. The lowest BCUT2D eigenvalue weighted by Crippen LogP contribution is -2.39. The van der Waals surface area contributed by atoms with Gasteiger partial charge in [-0.25, -0.2) is 9.78 Å². The lowest BCUT2D eigenvalue weighted by atomic mass is 10.1. The SMILES string of the molecule is Cc1cc(C)c2c(n1)SCCN2C(=O)Nc1ccc(C(=O)Nc2ccc(Cl)cc2C)cc1. The van der Waals surface area contributed by atoms with E-state index in [-0.39, 0.29) is 11.9 Å². The number of anilines is 3. The van der Waals surface area contributed by atoms with Gasteiger partial charge in [0.25, 0.3) is 5.91 Å². The van der Waals surface area contributed by atoms with Gasteiger partial charge in [0.2, 0.25) is 0 Å². The second-order valence-corrected chi connectivity index (χ2v) is 9.18. The van der Waals surface area contributed by atoms with E-state index >= 15 is 0 Å². The predicted molar refractivity (Wildman–Crippen MR) is 131 cm³/mol. The minimum absolute atomic E-state index is 0.214. The van der Waals surface area contributed by atoms with Crippen molar-refractivity contribution in [1.82, 2.24) is 4.98 Å². The molecule has 164 valence electrons. The summed E-state index contributed by atoms with van der Waals surface area (Å²) in [6.07, 6.45) is 0. The zero-order valence-corrected chi connectivity index (χ0v) is 19.6. The molecule has 0 radical (unpaired) electrons. The lowest BCUT2D eigenvalue weighted by Gasteiger charge is -2.30. The number of nitrogens with zero attached hydrogens (tertiary/aromatic N) is 2. The minimum atomic E-state index is -0.229. The predicted octanol–water partition coefficient (Wildman–Crippen LogP) is 6.06. The molecule has 3 aromatic rings. The normalized spacial score (nSPS) is 12.8. The van der Waals surface area contributed by atoms with Crippen LogP contribution >= 0.6 is 23.4 Å². The number of urea groups is 1. The Morgan fingerprint density at radius 2 is 1.75 bits per heavy atom. The molecule has 4 rings (SSSR count). The van der Waals surface area contributed by atoms with Crippen LogP contribution < -0.4 is 15.5 Å². The van der Waals surface area contributed by atoms with Gasteiger partial charge in [-0.15, -0.1) is 11.8 Å². The molecular formula is C24H23ClN4O2S. The molecule has 2 aromatic carbocycles. The maximum absolute atomic E-state index is 13.0. The van der Waals surface area contributed by atoms with Gasteiger partial charge < -0.3 is 10.6 Å². The molecule has 32 heavy (non-hydrogen) atoms. The number of carbonyl (C=O) groups excluding carboxylic acids is 2. The minimum Gasteiger partial charge on any atom is -0.322 e. The number of amides is 3. The van der Waals surface area contributed by atoms with Crippen molar-refractivity contribution in [3.63, 3.8) is 0 Å². The van der Waals surface area contributed by atoms with Crippen molar-refractivity contribution in [2.24, 2.45) is 0 Å². The first kappa shape index (κ1) is 22.2. The molecule has 0 aliphatic carbocycles. The Morgan fingerprint density at radius 1 is 1.00 bits per heavy atom. The molecule has 2 N–H and O–H groups in total. The highest BCUT2D eigenvalue weighted by molar-refractivity contribution is 7.99. The molecule has 0 fully saturated rings. The molecule has 0 saturated carbocycles. The van der Waals surface area contributed by atoms with Crippen LogP contribution in [0.5, 0.6) is 0 Å². The molecular weight excluding hydrogens is 444 g/mol. The standard InChI is InChI=1S/C24H23ClN4O2S/c1-14-13-18(25)6-9-20(14)28-22(30)17-4-7-19(8-5-17)27-24(31)29-10-11-32-23-21(29)15(2)12-16(3)26-23/h4-9,12-13H,10-11H2,1-3H3,(H,27,31)(H,28,30). The van der Waals surface area contributed by atoms with Crippen LogP contribution in [0.25, 0.3) is 0 Å². The average Bonchev–Trinajstić information content (AvgIpc) is 2.75. The molecule has 1 aliphatic heterocycles. The summed E-state index contributed by atoms with van der Waals surface area (Å²) in [5.74, 6) is 0.562. The summed E-state index contributed by atoms with van der Waals surface area (Å²) in [7, 11) is 0. The van der Waals surface area contributed by atoms with E-state index in [9.17, 15) is 9.59 Å². The first-order valence-corrected chi connectivity index (χ1v) is 11.6. The van der Waals surface area contributed by atoms with Gasteiger partial charge in [-0.2, -0.15) is 0 Å². The van der Waals surface area contributed by atoms with E-state index in [0.29, 0.717) is 28.5 Å². The molecule has 0 spiro atoms. The van der Waals surface area contributed by atoms with E-state index in [0.717, 1.165) is 33.3 Å². The lowest BCUT2D eigenvalue weighted by molar-refractivity contribution is 0.102. The monoisotopic (exact) mass is 466 g/mol. The summed E-state index contributed by atoms with van der Waals surface area (Å²) < 4.78 is 0. The molecule has 0 bridgehead atoms. The molecule has 8 heteroatoms. The summed E-state index contributed by atoms with van der Waals surface area (Å²) in [6.45, 7) is 6.44. The smallest absolute Gasteiger partial charge is 0.322 e. The van der Waals surface area contributed by atoms with Gasteiger partial charge in [0.1, 0.15) is 5.03 Å². The number of hydrogen-bond acceptors (Lipinski definition) is 4. The molecule has 2 heterocycles. The summed E-state index contributed by atoms with van der Waals surface area (Å²) in [5, 5.41) is 7.32. The number of aromatic nitrogens is 1. The Labute approximate surface area is 196 Å². The largest absolute Gasteiger partial charge is 0.326 e. The highest BCUT2D eigenvalue weighted by atomic mass is 35.5. The quantitative estimate of drug-likeness (QED) is 0.492. The fraction of sp³-hybridized carbons (Fsp3) is 0.208. The first-order chi connectivity index (χ1) is 15.3. The van der Waals surface area contributed by atoms with Gasteiger partial charge in [-0.1, -0.05) is 11.6 Å². The Hall–Kier alpha value is -3.03. The number of thioether (sulfide) groups is 1. The number of pyridine rings is 1. The van der Waals surface area contributed by atoms with Crippen LogP contribution in [0.3, 0.4) is 0 Å². The maximum Gasteiger partial charge on any atom is 0.326 e. The van der Waals surface area contributed by atoms with E-state index in [1.165, 1.54) is 0 Å². The zero-order valence-electron chi connectivity index (χ0n) is 18.0. The third kappa shape index (κ3) is 4.74. The van der Waals surface area contributed by atoms with Gasteiger partial charge in [0.05, 0.1) is 5.69 Å². The number of halogens is 1. The van der Waals surface area contributed by atoms with Crippen LogP contribution in [0.1, 0.15) is 27.2 Å². The van der Waals surface area contributed by atoms with Crippen molar-refractivity contribution in [3.05, 3.63) is 75.9 Å². The number of carbonyl (C=O) groups is 2. The molecule has 3 amide bonds. The highest BCUT2D eigenvalue weighted by Gasteiger charge is 2.26. The molecule has 0 unspecified atom stereocenters. The van der Waals surface area contributed by atoms with Crippen molar-refractivity contribution in [3.8, 4) is 0 Å². The average molecular weight is 467 g/mol. The Kier molecular flexibility index (Phi) is 6.39. The molecule has 1 aromatic heterocycles. The van der Waals surface area contributed by atoms with Crippen LogP contribution in [-0.2, 0) is 0 Å². The van der Waals surface area contributed by atoms with Crippen LogP contribution in [0.15, 0.2) is 53.6 Å². The number of benzene rings is 2. The molecule has 0 saturated heterocycles. The van der Waals surface area contributed by atoms with Crippen LogP contribution in [0.2, 0.25) is 5.02 Å². The van der Waals surface area contributed by atoms with Gasteiger partial charge in [-0.3, -0.25) is 9.69 Å². The first-order valence-electron chi connectivity index (χ1n) is 10.2. The summed E-state index contributed by atoms with van der Waals surface area (Å²) in [4.78, 5) is 31.9. The Bertz CT molecular complexity index is 1200. The number of aryl methyl sites for hydroxylation is 3. The van der Waals surface area contributed by atoms with Crippen molar-refractivity contribution in [1.29, 1.82) is 0 Å². The fourth-order valence-corrected chi connectivity index (χ4v) is 4.94. The molecule has 6 nitrogen and oxygen atoms in total. The van der Waals surface area contributed by atoms with Gasteiger partial charge in [0.15, 0.2) is 0 Å². The van der Waals surface area contributed by atoms with Gasteiger partial charge >= 0.3 is 6.03 Å². The van der Waals surface area contributed by atoms with E-state index in [1.807, 2.05) is 26.8 Å². The third-order valence-corrected chi connectivity index (χ3v) is 6.36. The summed E-state index contributed by atoms with van der Waals surface area (Å²) >= 11 is 7.64. The van der Waals surface area contributed by atoms with E-state index in [2.05, 4.69) is 15.6 Å². The highest BCUT2D eigenvalue weighted by Crippen LogP contribution is 2.36. The second kappa shape index (κ2) is 9.22. The Balaban J connectivity index is 1.45. The van der Waals surface area contributed by atoms with Gasteiger partial charge in [-0.05, 0) is 80.4 Å². The summed E-state index contributed by atoms with van der Waals surface area (Å²) in [6, 6.07) is 13.9. The molecule has 1 aliphatic rings. The van der Waals surface area contributed by atoms with Crippen LogP contribution in [0.4, 0.5) is 21.9 Å². The van der Waals surface area contributed by atoms with E-state index < -0.39 is 0 Å². The van der Waals surface area contributed by atoms with Crippen molar-refractivity contribution >= 4 is 52.4 Å². The fourth-order valence-electron chi connectivity index (χ4n) is 3.63. The third-order valence-electron chi connectivity index (χ3n) is 5.18. The van der Waals surface area contributed by atoms with Crippen molar-refractivity contribution in [2.75, 3.05) is 27.8 Å². The number of nitrogens with one attached hydrogen (secondary N) is 2. The number of rotatable bonds is 3. The second-order valence-electron chi connectivity index (χ2n) is 7.66. The Morgan fingerprint density at radius 3 is 2.47 bits per heavy atom. The number of hydrogen-bond donors (Lipinski definition) is 2. The maximum atomic E-state index is 13.0.